The summed E-state index contributed by atoms with van der Waals surface area (Å²) in [5.74, 6) is -0.436. The molecule has 172 valence electrons. The number of nitrogens with zero attached hydrogens (tertiary/aromatic N) is 2. The Hall–Kier alpha value is -3.13. The van der Waals surface area contributed by atoms with Crippen molar-refractivity contribution in [1.82, 2.24) is 4.90 Å². The van der Waals surface area contributed by atoms with Crippen molar-refractivity contribution in [2.45, 2.75) is 6.54 Å². The number of benzene rings is 2. The van der Waals surface area contributed by atoms with Gasteiger partial charge in [-0.15, -0.1) is 0 Å². The van der Waals surface area contributed by atoms with Gasteiger partial charge in [-0.05, 0) is 58.1 Å². The van der Waals surface area contributed by atoms with Crippen molar-refractivity contribution in [2.75, 3.05) is 20.8 Å². The number of carbonyl (C=O) groups excluding carboxylic acids is 3. The molecule has 1 fully saturated rings. The fourth-order valence-electron chi connectivity index (χ4n) is 2.93. The van der Waals surface area contributed by atoms with Gasteiger partial charge >= 0.3 is 5.97 Å². The Kier molecular flexibility index (Phi) is 7.92. The number of amides is 2. The van der Waals surface area contributed by atoms with E-state index in [1.165, 1.54) is 38.5 Å². The van der Waals surface area contributed by atoms with E-state index < -0.39 is 22.0 Å². The molecule has 2 aromatic carbocycles. The molecular weight excluding hydrogens is 567 g/mol. The van der Waals surface area contributed by atoms with Gasteiger partial charge in [0.15, 0.2) is 18.1 Å². The van der Waals surface area contributed by atoms with Gasteiger partial charge in [-0.3, -0.25) is 24.6 Å². The summed E-state index contributed by atoms with van der Waals surface area (Å²) in [6, 6.07) is 9.25. The highest BCUT2D eigenvalue weighted by Crippen LogP contribution is 2.38. The van der Waals surface area contributed by atoms with E-state index in [4.69, 9.17) is 9.47 Å². The fourth-order valence-corrected chi connectivity index (χ4v) is 4.55. The van der Waals surface area contributed by atoms with E-state index in [0.717, 1.165) is 16.7 Å². The zero-order chi connectivity index (χ0) is 24.1. The zero-order valence-electron chi connectivity index (χ0n) is 17.4. The summed E-state index contributed by atoms with van der Waals surface area (Å²) in [6.45, 7) is -0.507. The summed E-state index contributed by atoms with van der Waals surface area (Å²) in [5.41, 5.74) is 0.662. The van der Waals surface area contributed by atoms with Crippen molar-refractivity contribution < 1.29 is 33.5 Å². The molecule has 0 atom stereocenters. The highest BCUT2D eigenvalue weighted by atomic mass is 127. The molecule has 1 aliphatic heterocycles. The molecule has 0 saturated carbocycles. The van der Waals surface area contributed by atoms with Crippen molar-refractivity contribution in [3.63, 3.8) is 0 Å². The SMILES string of the molecule is COC(=O)COc1c(I)cc(C=C2SC(=O)N(Cc3ccccc3[N+](=O)[O-])C2=O)cc1OC. The van der Waals surface area contributed by atoms with E-state index in [-0.39, 0.29) is 29.3 Å². The second-order valence-corrected chi connectivity index (χ2v) is 8.71. The Labute approximate surface area is 206 Å². The quantitative estimate of drug-likeness (QED) is 0.149. The monoisotopic (exact) mass is 584 g/mol. The number of para-hydroxylation sites is 1. The molecule has 10 nitrogen and oxygen atoms in total. The maximum atomic E-state index is 12.9. The maximum Gasteiger partial charge on any atom is 0.343 e. The number of nitro groups is 1. The lowest BCUT2D eigenvalue weighted by Gasteiger charge is -2.13. The lowest BCUT2D eigenvalue weighted by Crippen LogP contribution is -2.27. The van der Waals surface area contributed by atoms with Crippen molar-refractivity contribution >= 4 is 63.2 Å². The molecule has 1 saturated heterocycles. The second kappa shape index (κ2) is 10.7. The number of hydrogen-bond donors (Lipinski definition) is 0. The van der Waals surface area contributed by atoms with Crippen LogP contribution in [0.3, 0.4) is 0 Å². The molecule has 12 heteroatoms. The summed E-state index contributed by atoms with van der Waals surface area (Å²) >= 11 is 2.74. The Bertz CT molecular complexity index is 1170. The number of nitro benzene ring substituents is 1. The van der Waals surface area contributed by atoms with Crippen molar-refractivity contribution in [1.29, 1.82) is 0 Å². The third-order valence-electron chi connectivity index (χ3n) is 4.50. The van der Waals surface area contributed by atoms with Gasteiger partial charge in [0.05, 0.1) is 34.2 Å². The smallest absolute Gasteiger partial charge is 0.343 e. The van der Waals surface area contributed by atoms with Crippen LogP contribution in [0, 0.1) is 13.7 Å². The number of hydrogen-bond acceptors (Lipinski definition) is 9. The molecule has 1 heterocycles. The fraction of sp³-hybridized carbons (Fsp3) is 0.190. The minimum Gasteiger partial charge on any atom is -0.493 e. The summed E-state index contributed by atoms with van der Waals surface area (Å²) in [6.07, 6.45) is 1.53. The van der Waals surface area contributed by atoms with Crippen LogP contribution in [-0.2, 0) is 20.9 Å². The van der Waals surface area contributed by atoms with Crippen LogP contribution in [-0.4, -0.2) is 47.8 Å². The Morgan fingerprint density at radius 3 is 2.64 bits per heavy atom. The van der Waals surface area contributed by atoms with Crippen LogP contribution >= 0.6 is 34.4 Å². The topological polar surface area (TPSA) is 125 Å². The van der Waals surface area contributed by atoms with E-state index in [9.17, 15) is 24.5 Å². The zero-order valence-corrected chi connectivity index (χ0v) is 20.4. The third kappa shape index (κ3) is 5.63. The predicted molar refractivity (Wildman–Crippen MR) is 128 cm³/mol. The number of rotatable bonds is 8. The molecule has 0 radical (unpaired) electrons. The number of carbonyl (C=O) groups is 3. The Balaban J connectivity index is 1.85. The molecule has 0 aliphatic carbocycles. The molecule has 33 heavy (non-hydrogen) atoms. The van der Waals surface area contributed by atoms with E-state index >= 15 is 0 Å². The van der Waals surface area contributed by atoms with Crippen LogP contribution in [0.15, 0.2) is 41.3 Å². The standard InChI is InChI=1S/C21H17IN2O8S/c1-30-16-8-12(7-14(22)19(16)32-11-18(25)31-2)9-17-20(26)23(21(27)33-17)10-13-5-3-4-6-15(13)24(28)29/h3-9H,10-11H2,1-2H3. The molecule has 0 bridgehead atoms. The summed E-state index contributed by atoms with van der Waals surface area (Å²) < 4.78 is 16.0. The van der Waals surface area contributed by atoms with Crippen LogP contribution in [0.5, 0.6) is 11.5 Å². The molecule has 2 aromatic rings. The van der Waals surface area contributed by atoms with Gasteiger partial charge in [0, 0.05) is 11.6 Å². The first kappa shape index (κ1) is 24.5. The summed E-state index contributed by atoms with van der Waals surface area (Å²) in [7, 11) is 2.68. The first-order chi connectivity index (χ1) is 15.7. The normalized spacial score (nSPS) is 14.5. The van der Waals surface area contributed by atoms with Crippen molar-refractivity contribution in [2.24, 2.45) is 0 Å². The third-order valence-corrected chi connectivity index (χ3v) is 6.21. The van der Waals surface area contributed by atoms with Gasteiger partial charge in [0.2, 0.25) is 0 Å². The van der Waals surface area contributed by atoms with Crippen LogP contribution in [0.2, 0.25) is 0 Å². The predicted octanol–water partition coefficient (Wildman–Crippen LogP) is 4.00. The molecule has 0 spiro atoms. The average molecular weight is 584 g/mol. The van der Waals surface area contributed by atoms with E-state index in [1.54, 1.807) is 18.2 Å². The molecular formula is C21H17IN2O8S. The Morgan fingerprint density at radius 2 is 1.97 bits per heavy atom. The second-order valence-electron chi connectivity index (χ2n) is 6.55. The van der Waals surface area contributed by atoms with Crippen molar-refractivity contribution in [3.8, 4) is 11.5 Å². The lowest BCUT2D eigenvalue weighted by atomic mass is 10.1. The largest absolute Gasteiger partial charge is 0.493 e. The highest BCUT2D eigenvalue weighted by Gasteiger charge is 2.36. The number of thioether (sulfide) groups is 1. The maximum absolute atomic E-state index is 12.9. The highest BCUT2D eigenvalue weighted by molar-refractivity contribution is 14.1. The molecule has 0 aromatic heterocycles. The number of imide groups is 1. The number of esters is 1. The summed E-state index contributed by atoms with van der Waals surface area (Å²) in [5, 5.41) is 10.7. The molecule has 0 N–H and O–H groups in total. The van der Waals surface area contributed by atoms with Crippen LogP contribution in [0.25, 0.3) is 6.08 Å². The van der Waals surface area contributed by atoms with E-state index in [2.05, 4.69) is 4.74 Å². The number of ether oxygens (including phenoxy) is 3. The van der Waals surface area contributed by atoms with Gasteiger partial charge in [-0.2, -0.15) is 0 Å². The van der Waals surface area contributed by atoms with Crippen LogP contribution < -0.4 is 9.47 Å². The molecule has 2 amide bonds. The first-order valence-corrected chi connectivity index (χ1v) is 11.2. The molecule has 3 rings (SSSR count). The van der Waals surface area contributed by atoms with Gasteiger partial charge in [0.1, 0.15) is 0 Å². The van der Waals surface area contributed by atoms with Gasteiger partial charge < -0.3 is 14.2 Å². The Morgan fingerprint density at radius 1 is 1.24 bits per heavy atom. The average Bonchev–Trinajstić information content (AvgIpc) is 3.05. The number of halogens is 1. The number of methoxy groups -OCH3 is 2. The van der Waals surface area contributed by atoms with E-state index in [0.29, 0.717) is 20.6 Å². The minimum absolute atomic E-state index is 0.164. The van der Waals surface area contributed by atoms with Gasteiger partial charge in [0.25, 0.3) is 16.8 Å². The van der Waals surface area contributed by atoms with Crippen molar-refractivity contribution in [3.05, 3.63) is 66.1 Å². The summed E-state index contributed by atoms with van der Waals surface area (Å²) in [4.78, 5) is 48.5. The van der Waals surface area contributed by atoms with E-state index in [1.807, 2.05) is 22.6 Å². The van der Waals surface area contributed by atoms with Gasteiger partial charge in [-0.1, -0.05) is 18.2 Å². The lowest BCUT2D eigenvalue weighted by molar-refractivity contribution is -0.385. The van der Waals surface area contributed by atoms with Crippen LogP contribution in [0.4, 0.5) is 10.5 Å². The molecule has 1 aliphatic rings. The molecule has 0 unspecified atom stereocenters. The first-order valence-electron chi connectivity index (χ1n) is 9.30. The minimum atomic E-state index is -0.553. The van der Waals surface area contributed by atoms with Gasteiger partial charge in [-0.25, -0.2) is 4.79 Å². The van der Waals surface area contributed by atoms with Crippen LogP contribution in [0.1, 0.15) is 11.1 Å².